The summed E-state index contributed by atoms with van der Waals surface area (Å²) in [5, 5.41) is 4.30. The average molecular weight is 458 g/mol. The number of rotatable bonds is 5. The van der Waals surface area contributed by atoms with E-state index in [1.165, 1.54) is 23.7 Å². The highest BCUT2D eigenvalue weighted by Crippen LogP contribution is 2.31. The Kier molecular flexibility index (Phi) is 5.15. The van der Waals surface area contributed by atoms with Gasteiger partial charge in [0, 0.05) is 17.3 Å². The Morgan fingerprint density at radius 2 is 1.88 bits per heavy atom. The predicted molar refractivity (Wildman–Crippen MR) is 110 cm³/mol. The lowest BCUT2D eigenvalue weighted by molar-refractivity contribution is 0.0226. The largest absolute Gasteiger partial charge is 0.450 e. The van der Waals surface area contributed by atoms with Gasteiger partial charge in [0.25, 0.3) is 0 Å². The van der Waals surface area contributed by atoms with Gasteiger partial charge >= 0.3 is 12.5 Å². The standard InChI is InChI=1S/C23H18F4N4O2/c1-12(21-28-17-6-2-3-7-19(17)30(21)23(26)27)33-22(32)20-14-5-4-8-18(14)31(29-20)13-9-10-15(24)16(25)11-13/h2-3,6-7,9-12,23H,4-5,8H2,1H3. The van der Waals surface area contributed by atoms with Crippen LogP contribution >= 0.6 is 0 Å². The molecule has 10 heteroatoms. The minimum absolute atomic E-state index is 0.0267. The zero-order valence-electron chi connectivity index (χ0n) is 17.4. The highest BCUT2D eigenvalue weighted by atomic mass is 19.3. The number of carbonyl (C=O) groups is 1. The van der Waals surface area contributed by atoms with Crippen molar-refractivity contribution in [2.75, 3.05) is 0 Å². The molecule has 2 aromatic heterocycles. The molecule has 0 saturated heterocycles. The Morgan fingerprint density at radius 3 is 2.64 bits per heavy atom. The van der Waals surface area contributed by atoms with Crippen molar-refractivity contribution in [3.05, 3.63) is 76.9 Å². The summed E-state index contributed by atoms with van der Waals surface area (Å²) in [6.07, 6.45) is 0.844. The third-order valence-corrected chi connectivity index (χ3v) is 5.74. The van der Waals surface area contributed by atoms with E-state index in [0.29, 0.717) is 29.6 Å². The number of para-hydroxylation sites is 2. The number of esters is 1. The molecule has 0 amide bonds. The van der Waals surface area contributed by atoms with E-state index in [1.807, 2.05) is 0 Å². The molecule has 1 aliphatic carbocycles. The van der Waals surface area contributed by atoms with Crippen LogP contribution in [0.3, 0.4) is 0 Å². The van der Waals surface area contributed by atoms with Crippen LogP contribution in [0, 0.1) is 11.6 Å². The fraction of sp³-hybridized carbons (Fsp3) is 0.261. The molecule has 0 bridgehead atoms. The van der Waals surface area contributed by atoms with Crippen molar-refractivity contribution in [2.45, 2.75) is 38.8 Å². The molecule has 0 spiro atoms. The first-order valence-corrected chi connectivity index (χ1v) is 10.4. The highest BCUT2D eigenvalue weighted by Gasteiger charge is 2.31. The molecule has 1 unspecified atom stereocenters. The van der Waals surface area contributed by atoms with Crippen LogP contribution < -0.4 is 0 Å². The minimum atomic E-state index is -2.87. The van der Waals surface area contributed by atoms with Crippen molar-refractivity contribution in [1.29, 1.82) is 0 Å². The molecule has 0 N–H and O–H groups in total. The zero-order chi connectivity index (χ0) is 23.3. The van der Waals surface area contributed by atoms with Crippen molar-refractivity contribution < 1.29 is 27.1 Å². The number of hydrogen-bond donors (Lipinski definition) is 0. The lowest BCUT2D eigenvalue weighted by atomic mass is 10.2. The lowest BCUT2D eigenvalue weighted by Gasteiger charge is -2.15. The van der Waals surface area contributed by atoms with Crippen molar-refractivity contribution in [2.24, 2.45) is 0 Å². The number of ether oxygens (including phenoxy) is 1. The van der Waals surface area contributed by atoms with Crippen LogP contribution in [0.5, 0.6) is 0 Å². The average Bonchev–Trinajstić information content (AvgIpc) is 3.48. The molecule has 170 valence electrons. The molecule has 0 saturated carbocycles. The van der Waals surface area contributed by atoms with Crippen molar-refractivity contribution in [3.63, 3.8) is 0 Å². The second-order valence-electron chi connectivity index (χ2n) is 7.79. The van der Waals surface area contributed by atoms with Crippen molar-refractivity contribution in [1.82, 2.24) is 19.3 Å². The van der Waals surface area contributed by atoms with E-state index in [4.69, 9.17) is 4.74 Å². The molecule has 1 aliphatic rings. The lowest BCUT2D eigenvalue weighted by Crippen LogP contribution is -2.16. The van der Waals surface area contributed by atoms with Crippen LogP contribution in [0.2, 0.25) is 0 Å². The van der Waals surface area contributed by atoms with Crippen LogP contribution in [-0.2, 0) is 17.6 Å². The Labute approximate surface area is 185 Å². The number of aromatic nitrogens is 4. The van der Waals surface area contributed by atoms with E-state index in [1.54, 1.807) is 18.2 Å². The smallest absolute Gasteiger partial charge is 0.359 e. The van der Waals surface area contributed by atoms with Gasteiger partial charge in [0.1, 0.15) is 0 Å². The van der Waals surface area contributed by atoms with Crippen LogP contribution in [-0.4, -0.2) is 25.3 Å². The maximum Gasteiger partial charge on any atom is 0.359 e. The highest BCUT2D eigenvalue weighted by molar-refractivity contribution is 5.90. The zero-order valence-corrected chi connectivity index (χ0v) is 17.4. The number of imidazole rings is 1. The molecule has 4 aromatic rings. The van der Waals surface area contributed by atoms with Crippen LogP contribution in [0.4, 0.5) is 17.6 Å². The summed E-state index contributed by atoms with van der Waals surface area (Å²) in [5.41, 5.74) is 2.25. The van der Waals surface area contributed by atoms with E-state index >= 15 is 0 Å². The van der Waals surface area contributed by atoms with Gasteiger partial charge in [0.2, 0.25) is 0 Å². The first-order chi connectivity index (χ1) is 15.8. The van der Waals surface area contributed by atoms with Gasteiger partial charge in [0.15, 0.2) is 29.3 Å². The van der Waals surface area contributed by atoms with Gasteiger partial charge in [-0.3, -0.25) is 4.57 Å². The molecule has 0 aliphatic heterocycles. The number of nitrogens with zero attached hydrogens (tertiary/aromatic N) is 4. The Hall–Kier alpha value is -3.69. The minimum Gasteiger partial charge on any atom is -0.450 e. The van der Waals surface area contributed by atoms with Crippen LogP contribution in [0.25, 0.3) is 16.7 Å². The Bertz CT molecular complexity index is 1380. The van der Waals surface area contributed by atoms with Crippen molar-refractivity contribution >= 4 is 17.0 Å². The van der Waals surface area contributed by atoms with E-state index in [2.05, 4.69) is 10.1 Å². The SMILES string of the molecule is CC(OC(=O)c1nn(-c2ccc(F)c(F)c2)c2c1CCC2)c1nc2ccccc2n1C(F)F. The molecule has 1 atom stereocenters. The summed E-state index contributed by atoms with van der Waals surface area (Å²) in [6.45, 7) is -1.41. The van der Waals surface area contributed by atoms with Gasteiger partial charge in [0.05, 0.1) is 16.7 Å². The topological polar surface area (TPSA) is 61.9 Å². The quantitative estimate of drug-likeness (QED) is 0.301. The summed E-state index contributed by atoms with van der Waals surface area (Å²) in [7, 11) is 0. The molecule has 0 fully saturated rings. The first kappa shape index (κ1) is 21.2. The number of alkyl halides is 2. The second-order valence-corrected chi connectivity index (χ2v) is 7.79. The number of hydrogen-bond acceptors (Lipinski definition) is 4. The van der Waals surface area contributed by atoms with E-state index in [9.17, 15) is 22.4 Å². The number of halogens is 4. The normalized spacial score (nSPS) is 14.1. The van der Waals surface area contributed by atoms with Gasteiger partial charge in [-0.25, -0.2) is 23.2 Å². The molecular formula is C23H18F4N4O2. The maximum absolute atomic E-state index is 13.8. The fourth-order valence-electron chi connectivity index (χ4n) is 4.26. The van der Waals surface area contributed by atoms with Crippen LogP contribution in [0.15, 0.2) is 42.5 Å². The summed E-state index contributed by atoms with van der Waals surface area (Å²) in [4.78, 5) is 17.2. The van der Waals surface area contributed by atoms with E-state index < -0.39 is 30.3 Å². The third kappa shape index (κ3) is 3.55. The number of carbonyl (C=O) groups excluding carboxylic acids is 1. The Morgan fingerprint density at radius 1 is 1.09 bits per heavy atom. The van der Waals surface area contributed by atoms with Crippen molar-refractivity contribution in [3.8, 4) is 5.69 Å². The van der Waals surface area contributed by atoms with Gasteiger partial charge in [-0.05, 0) is 50.5 Å². The second kappa shape index (κ2) is 8.02. The van der Waals surface area contributed by atoms with E-state index in [-0.39, 0.29) is 22.7 Å². The van der Waals surface area contributed by atoms with Crippen LogP contribution in [0.1, 0.15) is 53.6 Å². The van der Waals surface area contributed by atoms with E-state index in [0.717, 1.165) is 23.1 Å². The summed E-state index contributed by atoms with van der Waals surface area (Å²) in [6, 6.07) is 9.78. The molecule has 2 aromatic carbocycles. The fourth-order valence-corrected chi connectivity index (χ4v) is 4.26. The summed E-state index contributed by atoms with van der Waals surface area (Å²) in [5.74, 6) is -2.90. The van der Waals surface area contributed by atoms with Gasteiger partial charge in [-0.1, -0.05) is 12.1 Å². The Balaban J connectivity index is 1.48. The first-order valence-electron chi connectivity index (χ1n) is 10.4. The monoisotopic (exact) mass is 458 g/mol. The predicted octanol–water partition coefficient (Wildman–Crippen LogP) is 5.30. The van der Waals surface area contributed by atoms with Gasteiger partial charge in [-0.15, -0.1) is 0 Å². The van der Waals surface area contributed by atoms with Gasteiger partial charge in [-0.2, -0.15) is 13.9 Å². The molecule has 5 rings (SSSR count). The molecule has 33 heavy (non-hydrogen) atoms. The van der Waals surface area contributed by atoms with Gasteiger partial charge < -0.3 is 4.74 Å². The molecule has 0 radical (unpaired) electrons. The number of fused-ring (bicyclic) bond motifs is 2. The molecular weight excluding hydrogens is 440 g/mol. The summed E-state index contributed by atoms with van der Waals surface area (Å²) >= 11 is 0. The molecule has 6 nitrogen and oxygen atoms in total. The molecule has 2 heterocycles. The third-order valence-electron chi connectivity index (χ3n) is 5.74. The maximum atomic E-state index is 13.8. The summed E-state index contributed by atoms with van der Waals surface area (Å²) < 4.78 is 62.2. The number of benzene rings is 2.